The zero-order valence-corrected chi connectivity index (χ0v) is 9.10. The molecule has 1 aromatic carbocycles. The number of fused-ring (bicyclic) bond motifs is 1. The fraction of sp³-hybridized carbons (Fsp3) is 0.250. The predicted molar refractivity (Wildman–Crippen MR) is 60.9 cm³/mol. The van der Waals surface area contributed by atoms with Crippen molar-refractivity contribution in [2.45, 2.75) is 19.3 Å². The van der Waals surface area contributed by atoms with Gasteiger partial charge in [-0.1, -0.05) is 18.2 Å². The number of thiophene rings is 1. The number of carbonyl (C=O) groups is 1. The van der Waals surface area contributed by atoms with Crippen LogP contribution in [0.3, 0.4) is 0 Å². The Kier molecular flexibility index (Phi) is 2.16. The molecule has 0 saturated carbocycles. The quantitative estimate of drug-likeness (QED) is 0.685. The van der Waals surface area contributed by atoms with Crippen molar-refractivity contribution in [2.24, 2.45) is 0 Å². The van der Waals surface area contributed by atoms with E-state index in [1.165, 1.54) is 10.1 Å². The number of hydrogen-bond acceptors (Lipinski definition) is 2. The van der Waals surface area contributed by atoms with E-state index in [0.717, 1.165) is 11.8 Å². The summed E-state index contributed by atoms with van der Waals surface area (Å²) in [6.45, 7) is 3.91. The van der Waals surface area contributed by atoms with E-state index in [-0.39, 0.29) is 5.41 Å². The van der Waals surface area contributed by atoms with Gasteiger partial charge in [-0.25, -0.2) is 0 Å². The van der Waals surface area contributed by atoms with Gasteiger partial charge in [-0.05, 0) is 36.2 Å². The van der Waals surface area contributed by atoms with Gasteiger partial charge in [0.15, 0.2) is 0 Å². The Morgan fingerprint density at radius 3 is 2.71 bits per heavy atom. The second kappa shape index (κ2) is 3.21. The molecule has 2 heteroatoms. The third-order valence-electron chi connectivity index (χ3n) is 2.47. The maximum Gasteiger partial charge on any atom is 0.130 e. The molecular formula is C12H12OS. The predicted octanol–water partition coefficient (Wildman–Crippen LogP) is 3.38. The SMILES string of the molecule is CC(C)(C=O)c1csc2ccccc12. The molecule has 0 fully saturated rings. The van der Waals surface area contributed by atoms with E-state index in [2.05, 4.69) is 17.5 Å². The standard InChI is InChI=1S/C12H12OS/c1-12(2,8-13)10-7-14-11-6-4-3-5-9(10)11/h3-8H,1-2H3. The van der Waals surface area contributed by atoms with Crippen molar-refractivity contribution in [3.63, 3.8) is 0 Å². The third kappa shape index (κ3) is 1.36. The Morgan fingerprint density at radius 2 is 2.00 bits per heavy atom. The summed E-state index contributed by atoms with van der Waals surface area (Å²) >= 11 is 1.70. The molecule has 0 atom stereocenters. The average Bonchev–Trinajstić information content (AvgIpc) is 2.61. The van der Waals surface area contributed by atoms with Crippen molar-refractivity contribution in [1.82, 2.24) is 0 Å². The van der Waals surface area contributed by atoms with Crippen LogP contribution in [0.2, 0.25) is 0 Å². The first-order valence-electron chi connectivity index (χ1n) is 4.58. The van der Waals surface area contributed by atoms with Crippen LogP contribution in [0, 0.1) is 0 Å². The molecule has 0 amide bonds. The summed E-state index contributed by atoms with van der Waals surface area (Å²) in [5, 5.41) is 3.29. The lowest BCUT2D eigenvalue weighted by atomic mass is 9.86. The van der Waals surface area contributed by atoms with Gasteiger partial charge in [0, 0.05) is 10.1 Å². The van der Waals surface area contributed by atoms with E-state index in [1.807, 2.05) is 26.0 Å². The van der Waals surface area contributed by atoms with Gasteiger partial charge in [0.25, 0.3) is 0 Å². The zero-order chi connectivity index (χ0) is 10.2. The summed E-state index contributed by atoms with van der Waals surface area (Å²) in [7, 11) is 0. The number of benzene rings is 1. The van der Waals surface area contributed by atoms with E-state index in [4.69, 9.17) is 0 Å². The van der Waals surface area contributed by atoms with Crippen molar-refractivity contribution in [3.8, 4) is 0 Å². The number of hydrogen-bond donors (Lipinski definition) is 0. The molecule has 72 valence electrons. The highest BCUT2D eigenvalue weighted by atomic mass is 32.1. The highest BCUT2D eigenvalue weighted by molar-refractivity contribution is 7.17. The van der Waals surface area contributed by atoms with Gasteiger partial charge in [-0.2, -0.15) is 0 Å². The molecule has 1 aromatic heterocycles. The van der Waals surface area contributed by atoms with Crippen LogP contribution in [-0.4, -0.2) is 6.29 Å². The van der Waals surface area contributed by atoms with E-state index < -0.39 is 0 Å². The molecule has 0 aliphatic heterocycles. The fourth-order valence-corrected chi connectivity index (χ4v) is 2.68. The first-order chi connectivity index (χ1) is 6.65. The van der Waals surface area contributed by atoms with Crippen molar-refractivity contribution < 1.29 is 4.79 Å². The molecule has 2 aromatic rings. The Bertz CT molecular complexity index is 468. The summed E-state index contributed by atoms with van der Waals surface area (Å²) in [5.41, 5.74) is 0.757. The van der Waals surface area contributed by atoms with Gasteiger partial charge in [0.1, 0.15) is 6.29 Å². The van der Waals surface area contributed by atoms with Gasteiger partial charge < -0.3 is 4.79 Å². The highest BCUT2D eigenvalue weighted by Gasteiger charge is 2.22. The van der Waals surface area contributed by atoms with Crippen molar-refractivity contribution in [2.75, 3.05) is 0 Å². The minimum absolute atomic E-state index is 0.375. The fourth-order valence-electron chi connectivity index (χ4n) is 1.54. The lowest BCUT2D eigenvalue weighted by Crippen LogP contribution is -2.17. The van der Waals surface area contributed by atoms with E-state index in [9.17, 15) is 4.79 Å². The zero-order valence-electron chi connectivity index (χ0n) is 8.28. The molecule has 0 radical (unpaired) electrons. The molecule has 0 saturated heterocycles. The molecular weight excluding hydrogens is 192 g/mol. The monoisotopic (exact) mass is 204 g/mol. The minimum Gasteiger partial charge on any atom is -0.302 e. The van der Waals surface area contributed by atoms with Crippen molar-refractivity contribution in [3.05, 3.63) is 35.2 Å². The summed E-state index contributed by atoms with van der Waals surface area (Å²) in [5.74, 6) is 0. The van der Waals surface area contributed by atoms with Crippen LogP contribution < -0.4 is 0 Å². The number of aldehydes is 1. The van der Waals surface area contributed by atoms with Gasteiger partial charge in [0.2, 0.25) is 0 Å². The van der Waals surface area contributed by atoms with Crippen LogP contribution >= 0.6 is 11.3 Å². The number of rotatable bonds is 2. The van der Waals surface area contributed by atoms with E-state index in [0.29, 0.717) is 0 Å². The maximum atomic E-state index is 11.0. The molecule has 1 nitrogen and oxygen atoms in total. The lowest BCUT2D eigenvalue weighted by Gasteiger charge is -2.15. The molecule has 14 heavy (non-hydrogen) atoms. The Balaban J connectivity index is 2.70. The summed E-state index contributed by atoms with van der Waals surface area (Å²) in [6, 6.07) is 8.20. The van der Waals surface area contributed by atoms with E-state index >= 15 is 0 Å². The van der Waals surface area contributed by atoms with Crippen molar-refractivity contribution in [1.29, 1.82) is 0 Å². The highest BCUT2D eigenvalue weighted by Crippen LogP contribution is 2.33. The molecule has 0 aliphatic rings. The van der Waals surface area contributed by atoms with Crippen LogP contribution in [0.25, 0.3) is 10.1 Å². The molecule has 2 rings (SSSR count). The average molecular weight is 204 g/mol. The normalized spacial score (nSPS) is 11.9. The largest absolute Gasteiger partial charge is 0.302 e. The Hall–Kier alpha value is -1.15. The van der Waals surface area contributed by atoms with Crippen LogP contribution in [0.4, 0.5) is 0 Å². The van der Waals surface area contributed by atoms with Crippen LogP contribution in [0.1, 0.15) is 19.4 Å². The van der Waals surface area contributed by atoms with Crippen LogP contribution in [-0.2, 0) is 10.2 Å². The molecule has 0 unspecified atom stereocenters. The Labute approximate surface area is 87.4 Å². The van der Waals surface area contributed by atoms with Crippen LogP contribution in [0.5, 0.6) is 0 Å². The van der Waals surface area contributed by atoms with Gasteiger partial charge in [0.05, 0.1) is 0 Å². The van der Waals surface area contributed by atoms with Crippen LogP contribution in [0.15, 0.2) is 29.6 Å². The van der Waals surface area contributed by atoms with Gasteiger partial charge in [-0.3, -0.25) is 0 Å². The molecule has 0 aliphatic carbocycles. The third-order valence-corrected chi connectivity index (χ3v) is 3.43. The smallest absolute Gasteiger partial charge is 0.130 e. The first-order valence-corrected chi connectivity index (χ1v) is 5.46. The lowest BCUT2D eigenvalue weighted by molar-refractivity contribution is -0.111. The molecule has 0 N–H and O–H groups in total. The van der Waals surface area contributed by atoms with Crippen molar-refractivity contribution >= 4 is 27.7 Å². The molecule has 0 spiro atoms. The molecule has 0 bridgehead atoms. The van der Waals surface area contributed by atoms with Gasteiger partial charge >= 0.3 is 0 Å². The second-order valence-corrected chi connectivity index (χ2v) is 4.90. The topological polar surface area (TPSA) is 17.1 Å². The summed E-state index contributed by atoms with van der Waals surface area (Å²) < 4.78 is 1.25. The Morgan fingerprint density at radius 1 is 1.29 bits per heavy atom. The summed E-state index contributed by atoms with van der Waals surface area (Å²) in [6.07, 6.45) is 1.02. The first kappa shape index (κ1) is 9.41. The van der Waals surface area contributed by atoms with E-state index in [1.54, 1.807) is 11.3 Å². The number of carbonyl (C=O) groups excluding carboxylic acids is 1. The molecule has 1 heterocycles. The second-order valence-electron chi connectivity index (χ2n) is 3.99. The minimum atomic E-state index is -0.375. The van der Waals surface area contributed by atoms with Gasteiger partial charge in [-0.15, -0.1) is 11.3 Å². The summed E-state index contributed by atoms with van der Waals surface area (Å²) in [4.78, 5) is 11.0. The maximum absolute atomic E-state index is 11.0.